The second-order valence-electron chi connectivity index (χ2n) is 7.53. The monoisotopic (exact) mass is 503 g/mol. The van der Waals surface area contributed by atoms with Crippen LogP contribution in [0.25, 0.3) is 5.69 Å². The molecule has 7 heteroatoms. The minimum Gasteiger partial charge on any atom is -0.497 e. The van der Waals surface area contributed by atoms with Gasteiger partial charge in [0, 0.05) is 21.4 Å². The molecule has 3 aromatic rings. The minimum atomic E-state index is -1.15. The molecule has 1 N–H and O–H groups in total. The fraction of sp³-hybridized carbons (Fsp3) is 0.273. The van der Waals surface area contributed by atoms with E-state index in [9.17, 15) is 9.90 Å². The average Bonchev–Trinajstić information content (AvgIpc) is 3.10. The van der Waals surface area contributed by atoms with E-state index in [4.69, 9.17) is 4.74 Å². The van der Waals surface area contributed by atoms with Crippen LogP contribution in [0.4, 0.5) is 5.69 Å². The molecule has 1 amide bonds. The van der Waals surface area contributed by atoms with E-state index in [0.29, 0.717) is 24.4 Å². The first-order valence-corrected chi connectivity index (χ1v) is 10.4. The number of benzene rings is 2. The lowest BCUT2D eigenvalue weighted by molar-refractivity contribution is 0.0725. The normalized spacial score (nSPS) is 14.1. The van der Waals surface area contributed by atoms with Crippen molar-refractivity contribution in [3.05, 3.63) is 69.1 Å². The SMILES string of the molecule is COc1ccc(-n2nc(C(C)(C)O)c3c2C(=O)N(c2ccc(I)cc2)CC3)cc1. The van der Waals surface area contributed by atoms with Gasteiger partial charge in [-0.1, -0.05) is 0 Å². The van der Waals surface area contributed by atoms with E-state index in [1.54, 1.807) is 30.5 Å². The number of rotatable bonds is 4. The Hall–Kier alpha value is -2.39. The van der Waals surface area contributed by atoms with Crippen LogP contribution in [0.15, 0.2) is 48.5 Å². The van der Waals surface area contributed by atoms with Crippen LogP contribution in [0, 0.1) is 3.57 Å². The number of amides is 1. The van der Waals surface area contributed by atoms with Crippen LogP contribution >= 0.6 is 22.6 Å². The van der Waals surface area contributed by atoms with Gasteiger partial charge in [-0.15, -0.1) is 0 Å². The Labute approximate surface area is 183 Å². The Morgan fingerprint density at radius 3 is 2.28 bits per heavy atom. The van der Waals surface area contributed by atoms with E-state index < -0.39 is 5.60 Å². The van der Waals surface area contributed by atoms with E-state index in [-0.39, 0.29) is 5.91 Å². The van der Waals surface area contributed by atoms with Crippen molar-refractivity contribution < 1.29 is 14.6 Å². The predicted molar refractivity (Wildman–Crippen MR) is 120 cm³/mol. The zero-order valence-electron chi connectivity index (χ0n) is 16.5. The summed E-state index contributed by atoms with van der Waals surface area (Å²) in [6.45, 7) is 3.94. The number of nitrogens with zero attached hydrogens (tertiary/aromatic N) is 3. The van der Waals surface area contributed by atoms with Crippen LogP contribution in [0.5, 0.6) is 5.75 Å². The highest BCUT2D eigenvalue weighted by Crippen LogP contribution is 2.33. The maximum absolute atomic E-state index is 13.5. The topological polar surface area (TPSA) is 67.6 Å². The molecule has 2 heterocycles. The van der Waals surface area contributed by atoms with E-state index in [1.807, 2.05) is 48.5 Å². The number of carbonyl (C=O) groups excluding carboxylic acids is 1. The third-order valence-corrected chi connectivity index (χ3v) is 5.77. The number of fused-ring (bicyclic) bond motifs is 1. The highest BCUT2D eigenvalue weighted by atomic mass is 127. The Balaban J connectivity index is 1.85. The summed E-state index contributed by atoms with van der Waals surface area (Å²) in [4.78, 5) is 15.3. The van der Waals surface area contributed by atoms with Crippen molar-refractivity contribution in [2.75, 3.05) is 18.6 Å². The maximum atomic E-state index is 13.5. The zero-order valence-corrected chi connectivity index (χ0v) is 18.7. The molecule has 2 aromatic carbocycles. The Bertz CT molecular complexity index is 1050. The Kier molecular flexibility index (Phi) is 5.12. The molecular formula is C22H22IN3O3. The highest BCUT2D eigenvalue weighted by molar-refractivity contribution is 14.1. The van der Waals surface area contributed by atoms with Crippen LogP contribution < -0.4 is 9.64 Å². The quantitative estimate of drug-likeness (QED) is 0.549. The lowest BCUT2D eigenvalue weighted by atomic mass is 9.94. The first-order chi connectivity index (χ1) is 13.8. The summed E-state index contributed by atoms with van der Waals surface area (Å²) >= 11 is 2.25. The van der Waals surface area contributed by atoms with Crippen molar-refractivity contribution >= 4 is 34.2 Å². The van der Waals surface area contributed by atoms with Crippen molar-refractivity contribution in [1.29, 1.82) is 0 Å². The van der Waals surface area contributed by atoms with Gasteiger partial charge < -0.3 is 14.7 Å². The molecule has 1 aliphatic heterocycles. The fourth-order valence-corrected chi connectivity index (χ4v) is 3.99. The number of anilines is 1. The van der Waals surface area contributed by atoms with Crippen LogP contribution in [-0.4, -0.2) is 34.4 Å². The van der Waals surface area contributed by atoms with Crippen molar-refractivity contribution in [3.63, 3.8) is 0 Å². The van der Waals surface area contributed by atoms with Crippen LogP contribution in [0.3, 0.4) is 0 Å². The number of hydrogen-bond donors (Lipinski definition) is 1. The number of methoxy groups -OCH3 is 1. The predicted octanol–water partition coefficient (Wildman–Crippen LogP) is 3.92. The third-order valence-electron chi connectivity index (χ3n) is 5.05. The van der Waals surface area contributed by atoms with Gasteiger partial charge in [0.2, 0.25) is 0 Å². The number of halogens is 1. The summed E-state index contributed by atoms with van der Waals surface area (Å²) in [6, 6.07) is 15.3. The number of hydrogen-bond acceptors (Lipinski definition) is 4. The molecular weight excluding hydrogens is 481 g/mol. The smallest absolute Gasteiger partial charge is 0.277 e. The molecule has 29 heavy (non-hydrogen) atoms. The van der Waals surface area contributed by atoms with E-state index in [0.717, 1.165) is 26.3 Å². The molecule has 1 aliphatic rings. The number of carbonyl (C=O) groups is 1. The van der Waals surface area contributed by atoms with Crippen molar-refractivity contribution in [2.24, 2.45) is 0 Å². The summed E-state index contributed by atoms with van der Waals surface area (Å²) in [5, 5.41) is 15.3. The van der Waals surface area contributed by atoms with Gasteiger partial charge in [-0.3, -0.25) is 4.79 Å². The van der Waals surface area contributed by atoms with Crippen LogP contribution in [0.1, 0.15) is 35.6 Å². The van der Waals surface area contributed by atoms with E-state index >= 15 is 0 Å². The van der Waals surface area contributed by atoms with Crippen molar-refractivity contribution in [1.82, 2.24) is 9.78 Å². The molecule has 150 valence electrons. The second-order valence-corrected chi connectivity index (χ2v) is 8.77. The van der Waals surface area contributed by atoms with E-state index in [2.05, 4.69) is 27.7 Å². The standard InChI is InChI=1S/C22H22IN3O3/c1-22(2,28)20-18-12-13-25(15-6-4-14(23)5-7-15)21(27)19(18)26(24-20)16-8-10-17(29-3)11-9-16/h4-11,28H,12-13H2,1-3H3. The summed E-state index contributed by atoms with van der Waals surface area (Å²) in [5.74, 6) is 0.607. The molecule has 1 aromatic heterocycles. The molecule has 0 aliphatic carbocycles. The lowest BCUT2D eigenvalue weighted by Crippen LogP contribution is -2.39. The number of aliphatic hydroxyl groups is 1. The average molecular weight is 503 g/mol. The maximum Gasteiger partial charge on any atom is 0.277 e. The first-order valence-electron chi connectivity index (χ1n) is 9.36. The van der Waals surface area contributed by atoms with Gasteiger partial charge in [0.05, 0.1) is 18.5 Å². The largest absolute Gasteiger partial charge is 0.497 e. The summed E-state index contributed by atoms with van der Waals surface area (Å²) in [5.41, 5.74) is 2.30. The summed E-state index contributed by atoms with van der Waals surface area (Å²) < 4.78 is 7.99. The van der Waals surface area contributed by atoms with Gasteiger partial charge in [-0.2, -0.15) is 5.10 Å². The van der Waals surface area contributed by atoms with Gasteiger partial charge in [0.15, 0.2) is 0 Å². The van der Waals surface area contributed by atoms with Gasteiger partial charge in [-0.25, -0.2) is 4.68 Å². The second kappa shape index (κ2) is 7.46. The van der Waals surface area contributed by atoms with Crippen LogP contribution in [-0.2, 0) is 12.0 Å². The molecule has 0 fully saturated rings. The lowest BCUT2D eigenvalue weighted by Gasteiger charge is -2.28. The van der Waals surface area contributed by atoms with Gasteiger partial charge in [-0.05, 0) is 91.4 Å². The Morgan fingerprint density at radius 1 is 1.07 bits per heavy atom. The van der Waals surface area contributed by atoms with Crippen molar-refractivity contribution in [3.8, 4) is 11.4 Å². The molecule has 0 spiro atoms. The zero-order chi connectivity index (χ0) is 20.8. The molecule has 0 atom stereocenters. The molecule has 0 bridgehead atoms. The molecule has 0 unspecified atom stereocenters. The molecule has 0 saturated carbocycles. The molecule has 6 nitrogen and oxygen atoms in total. The van der Waals surface area contributed by atoms with Crippen LogP contribution in [0.2, 0.25) is 0 Å². The van der Waals surface area contributed by atoms with Gasteiger partial charge in [0.1, 0.15) is 17.0 Å². The third kappa shape index (κ3) is 3.64. The Morgan fingerprint density at radius 2 is 1.69 bits per heavy atom. The number of aromatic nitrogens is 2. The molecule has 0 radical (unpaired) electrons. The van der Waals surface area contributed by atoms with Gasteiger partial charge >= 0.3 is 0 Å². The van der Waals surface area contributed by atoms with Crippen molar-refractivity contribution in [2.45, 2.75) is 25.9 Å². The highest BCUT2D eigenvalue weighted by Gasteiger charge is 2.37. The minimum absolute atomic E-state index is 0.119. The first kappa shape index (κ1) is 19.9. The summed E-state index contributed by atoms with van der Waals surface area (Å²) in [7, 11) is 1.61. The van der Waals surface area contributed by atoms with E-state index in [1.165, 1.54) is 0 Å². The molecule has 0 saturated heterocycles. The fourth-order valence-electron chi connectivity index (χ4n) is 3.63. The number of ether oxygens (including phenoxy) is 1. The molecule has 4 rings (SSSR count). The summed E-state index contributed by atoms with van der Waals surface area (Å²) in [6.07, 6.45) is 0.628. The van der Waals surface area contributed by atoms with Gasteiger partial charge in [0.25, 0.3) is 5.91 Å².